The molecule has 7 heteroatoms. The van der Waals surface area contributed by atoms with Gasteiger partial charge in [0.15, 0.2) is 0 Å². The molecule has 2 rings (SSSR count). The van der Waals surface area contributed by atoms with Gasteiger partial charge in [0.05, 0.1) is 11.1 Å². The number of rotatable bonds is 7. The monoisotopic (exact) mass is 367 g/mol. The molecule has 1 aromatic heterocycles. The summed E-state index contributed by atoms with van der Waals surface area (Å²) in [6.07, 6.45) is 1.84. The van der Waals surface area contributed by atoms with Gasteiger partial charge in [0.2, 0.25) is 0 Å². The molecule has 1 atom stereocenters. The lowest BCUT2D eigenvalue weighted by molar-refractivity contribution is 0.0676. The van der Waals surface area contributed by atoms with Crippen LogP contribution in [0.15, 0.2) is 41.8 Å². The molecule has 0 saturated carbocycles. The molecule has 0 aliphatic rings. The molecule has 5 nitrogen and oxygen atoms in total. The Morgan fingerprint density at radius 3 is 2.62 bits per heavy atom. The molecule has 2 aromatic rings. The predicted octanol–water partition coefficient (Wildman–Crippen LogP) is 3.53. The van der Waals surface area contributed by atoms with E-state index in [0.29, 0.717) is 11.4 Å². The third kappa shape index (κ3) is 5.07. The van der Waals surface area contributed by atoms with E-state index in [1.54, 1.807) is 23.1 Å². The second-order valence-electron chi connectivity index (χ2n) is 5.60. The Morgan fingerprint density at radius 2 is 2.04 bits per heavy atom. The van der Waals surface area contributed by atoms with Crippen molar-refractivity contribution in [2.75, 3.05) is 6.26 Å². The van der Waals surface area contributed by atoms with Gasteiger partial charge in [-0.05, 0) is 42.5 Å². The second kappa shape index (κ2) is 7.81. The summed E-state index contributed by atoms with van der Waals surface area (Å²) in [5, 5.41) is 1.88. The lowest BCUT2D eigenvalue weighted by atomic mass is 10.1. The molecule has 0 N–H and O–H groups in total. The molecule has 1 amide bonds. The zero-order valence-corrected chi connectivity index (χ0v) is 15.6. The summed E-state index contributed by atoms with van der Waals surface area (Å²) >= 11 is 1.41. The number of hydrogen-bond acceptors (Lipinski definition) is 5. The highest BCUT2D eigenvalue weighted by molar-refractivity contribution is 7.86. The summed E-state index contributed by atoms with van der Waals surface area (Å²) in [5.41, 5.74) is 0.821. The summed E-state index contributed by atoms with van der Waals surface area (Å²) in [6, 6.07) is 10.5. The van der Waals surface area contributed by atoms with Gasteiger partial charge in [0, 0.05) is 12.6 Å². The highest BCUT2D eigenvalue weighted by Crippen LogP contribution is 2.21. The Balaban J connectivity index is 2.24. The van der Waals surface area contributed by atoms with Crippen LogP contribution in [0.3, 0.4) is 0 Å². The molecule has 0 aliphatic heterocycles. The van der Waals surface area contributed by atoms with Crippen molar-refractivity contribution in [3.8, 4) is 5.75 Å². The molecule has 1 aromatic carbocycles. The first kappa shape index (κ1) is 18.5. The number of carbonyl (C=O) groups excluding carboxylic acids is 1. The summed E-state index contributed by atoms with van der Waals surface area (Å²) in [5.74, 6) is 0.233. The molecule has 0 saturated heterocycles. The van der Waals surface area contributed by atoms with Gasteiger partial charge in [-0.2, -0.15) is 8.42 Å². The summed E-state index contributed by atoms with van der Waals surface area (Å²) < 4.78 is 27.4. The van der Waals surface area contributed by atoms with Crippen molar-refractivity contribution in [2.45, 2.75) is 32.9 Å². The molecule has 0 bridgehead atoms. The average Bonchev–Trinajstić information content (AvgIpc) is 3.04. The van der Waals surface area contributed by atoms with Crippen LogP contribution in [0.4, 0.5) is 0 Å². The van der Waals surface area contributed by atoms with Crippen molar-refractivity contribution in [2.24, 2.45) is 0 Å². The van der Waals surface area contributed by atoms with E-state index in [2.05, 4.69) is 0 Å². The fourth-order valence-electron chi connectivity index (χ4n) is 2.26. The van der Waals surface area contributed by atoms with E-state index < -0.39 is 10.1 Å². The Labute approximate surface area is 147 Å². The largest absolute Gasteiger partial charge is 0.383 e. The number of amides is 1. The van der Waals surface area contributed by atoms with Crippen LogP contribution >= 0.6 is 11.3 Å². The molecule has 0 unspecified atom stereocenters. The maximum atomic E-state index is 12.7. The molecule has 0 aliphatic carbocycles. The van der Waals surface area contributed by atoms with Crippen molar-refractivity contribution >= 4 is 27.4 Å². The van der Waals surface area contributed by atoms with Crippen molar-refractivity contribution in [1.82, 2.24) is 4.90 Å². The number of benzene rings is 1. The maximum Gasteiger partial charge on any atom is 0.306 e. The number of thiophene rings is 1. The number of hydrogen-bond donors (Lipinski definition) is 0. The van der Waals surface area contributed by atoms with Gasteiger partial charge >= 0.3 is 10.1 Å². The number of nitrogens with zero attached hydrogens (tertiary/aromatic N) is 1. The quantitative estimate of drug-likeness (QED) is 0.702. The minimum Gasteiger partial charge on any atom is -0.383 e. The molecule has 0 fully saturated rings. The average molecular weight is 367 g/mol. The second-order valence-corrected chi connectivity index (χ2v) is 8.13. The van der Waals surface area contributed by atoms with E-state index in [0.717, 1.165) is 18.2 Å². The molecule has 1 heterocycles. The first-order chi connectivity index (χ1) is 11.3. The van der Waals surface area contributed by atoms with E-state index in [4.69, 9.17) is 4.18 Å². The third-order valence-corrected chi connectivity index (χ3v) is 4.97. The number of carbonyl (C=O) groups is 1. The maximum absolute atomic E-state index is 12.7. The highest BCUT2D eigenvalue weighted by Gasteiger charge is 2.21. The van der Waals surface area contributed by atoms with E-state index in [1.165, 1.54) is 11.3 Å². The van der Waals surface area contributed by atoms with Crippen LogP contribution in [0.25, 0.3) is 0 Å². The summed E-state index contributed by atoms with van der Waals surface area (Å²) in [4.78, 5) is 15.2. The van der Waals surface area contributed by atoms with Gasteiger partial charge in [-0.1, -0.05) is 25.1 Å². The summed E-state index contributed by atoms with van der Waals surface area (Å²) in [6.45, 7) is 4.43. The first-order valence-corrected chi connectivity index (χ1v) is 10.3. The fourth-order valence-corrected chi connectivity index (χ4v) is 3.39. The predicted molar refractivity (Wildman–Crippen MR) is 95.9 cm³/mol. The van der Waals surface area contributed by atoms with Crippen molar-refractivity contribution in [1.29, 1.82) is 0 Å². The van der Waals surface area contributed by atoms with E-state index >= 15 is 0 Å². The van der Waals surface area contributed by atoms with E-state index in [1.807, 2.05) is 37.4 Å². The molecule has 130 valence electrons. The molecule has 0 radical (unpaired) electrons. The lowest BCUT2D eigenvalue weighted by Gasteiger charge is -2.28. The van der Waals surface area contributed by atoms with Crippen LogP contribution in [0.5, 0.6) is 5.75 Å². The van der Waals surface area contributed by atoms with Gasteiger partial charge in [0.1, 0.15) is 5.75 Å². The summed E-state index contributed by atoms with van der Waals surface area (Å²) in [7, 11) is -3.57. The molecule has 0 spiro atoms. The van der Waals surface area contributed by atoms with Crippen molar-refractivity contribution in [3.63, 3.8) is 0 Å². The minimum absolute atomic E-state index is 0.0196. The van der Waals surface area contributed by atoms with Crippen LogP contribution in [-0.4, -0.2) is 31.5 Å². The lowest BCUT2D eigenvalue weighted by Crippen LogP contribution is -2.37. The smallest absolute Gasteiger partial charge is 0.306 e. The van der Waals surface area contributed by atoms with Gasteiger partial charge < -0.3 is 9.08 Å². The van der Waals surface area contributed by atoms with Gasteiger partial charge in [-0.15, -0.1) is 11.3 Å². The topological polar surface area (TPSA) is 63.7 Å². The molecular weight excluding hydrogens is 346 g/mol. The highest BCUT2D eigenvalue weighted by atomic mass is 32.2. The van der Waals surface area contributed by atoms with Crippen LogP contribution < -0.4 is 4.18 Å². The normalized spacial score (nSPS) is 12.6. The zero-order chi connectivity index (χ0) is 17.7. The van der Waals surface area contributed by atoms with E-state index in [9.17, 15) is 13.2 Å². The Bertz CT molecular complexity index is 785. The Hall–Kier alpha value is -1.86. The Morgan fingerprint density at radius 1 is 1.29 bits per heavy atom. The van der Waals surface area contributed by atoms with Crippen LogP contribution in [-0.2, 0) is 16.7 Å². The first-order valence-electron chi connectivity index (χ1n) is 7.63. The van der Waals surface area contributed by atoms with E-state index in [-0.39, 0.29) is 17.7 Å². The Kier molecular flexibility index (Phi) is 6.01. The standard InChI is InChI=1S/C17H21NO4S2/c1-4-13(2)18(17(19)16-9-6-10-23-16)12-14-7-5-8-15(11-14)22-24(3,20)21/h5-11,13H,4,12H2,1-3H3/t13-/m1/s1. The fraction of sp³-hybridized carbons (Fsp3) is 0.353. The molecular formula is C17H21NO4S2. The SMILES string of the molecule is CC[C@@H](C)N(Cc1cccc(OS(C)(=O)=O)c1)C(=O)c1cccs1. The van der Waals surface area contributed by atoms with Crippen molar-refractivity contribution in [3.05, 3.63) is 52.2 Å². The van der Waals surface area contributed by atoms with Gasteiger partial charge in [0.25, 0.3) is 5.91 Å². The minimum atomic E-state index is -3.57. The third-order valence-electron chi connectivity index (χ3n) is 3.61. The zero-order valence-electron chi connectivity index (χ0n) is 13.9. The van der Waals surface area contributed by atoms with Crippen LogP contribution in [0.2, 0.25) is 0 Å². The molecule has 24 heavy (non-hydrogen) atoms. The van der Waals surface area contributed by atoms with Gasteiger partial charge in [-0.3, -0.25) is 4.79 Å². The van der Waals surface area contributed by atoms with Crippen molar-refractivity contribution < 1.29 is 17.4 Å². The van der Waals surface area contributed by atoms with Gasteiger partial charge in [-0.25, -0.2) is 0 Å². The van der Waals surface area contributed by atoms with Crippen LogP contribution in [0, 0.1) is 0 Å². The van der Waals surface area contributed by atoms with Crippen LogP contribution in [0.1, 0.15) is 35.5 Å².